The van der Waals surface area contributed by atoms with E-state index in [1.807, 2.05) is 66.7 Å². The molecule has 6 heteroatoms. The molecule has 0 radical (unpaired) electrons. The van der Waals surface area contributed by atoms with E-state index in [2.05, 4.69) is 0 Å². The summed E-state index contributed by atoms with van der Waals surface area (Å²) in [5, 5.41) is 2.13. The molecular weight excluding hydrogens is 466 g/mol. The third kappa shape index (κ3) is 5.00. The SMILES string of the molecule is COC(=O)c1ccc(C=C(CCOc2cccc3ccccc23)CN2C(=O)C(=O)c3ccccc32)cc1. The Morgan fingerprint density at radius 2 is 1.59 bits per heavy atom. The summed E-state index contributed by atoms with van der Waals surface area (Å²) >= 11 is 0. The molecule has 1 aliphatic rings. The molecular formula is C31H25NO5. The van der Waals surface area contributed by atoms with Gasteiger partial charge in [-0.15, -0.1) is 0 Å². The lowest BCUT2D eigenvalue weighted by atomic mass is 10.1. The number of carbonyl (C=O) groups is 3. The number of methoxy groups -OCH3 is 1. The Balaban J connectivity index is 1.40. The first kappa shape index (κ1) is 24.0. The van der Waals surface area contributed by atoms with E-state index < -0.39 is 17.7 Å². The van der Waals surface area contributed by atoms with E-state index in [1.165, 1.54) is 12.0 Å². The van der Waals surface area contributed by atoms with Gasteiger partial charge in [0.25, 0.3) is 11.7 Å². The summed E-state index contributed by atoms with van der Waals surface area (Å²) < 4.78 is 10.9. The van der Waals surface area contributed by atoms with E-state index in [-0.39, 0.29) is 6.54 Å². The van der Waals surface area contributed by atoms with Crippen LogP contribution in [-0.2, 0) is 9.53 Å². The molecule has 6 nitrogen and oxygen atoms in total. The number of hydrogen-bond donors (Lipinski definition) is 0. The van der Waals surface area contributed by atoms with Crippen LogP contribution in [0.15, 0.2) is 96.6 Å². The molecule has 0 unspecified atom stereocenters. The molecule has 1 aliphatic heterocycles. The Hall–Kier alpha value is -4.71. The number of esters is 1. The fraction of sp³-hybridized carbons (Fsp3) is 0.129. The maximum atomic E-state index is 12.8. The van der Waals surface area contributed by atoms with Crippen LogP contribution in [-0.4, -0.2) is 37.9 Å². The van der Waals surface area contributed by atoms with Crippen molar-refractivity contribution in [3.8, 4) is 5.75 Å². The third-order valence-corrected chi connectivity index (χ3v) is 6.37. The first-order valence-electron chi connectivity index (χ1n) is 12.0. The molecule has 0 bridgehead atoms. The summed E-state index contributed by atoms with van der Waals surface area (Å²) in [6, 6.07) is 28.0. The van der Waals surface area contributed by atoms with Gasteiger partial charge in [-0.1, -0.05) is 66.7 Å². The first-order valence-corrected chi connectivity index (χ1v) is 12.0. The Kier molecular flexibility index (Phi) is 6.81. The van der Waals surface area contributed by atoms with Gasteiger partial charge in [-0.3, -0.25) is 9.59 Å². The van der Waals surface area contributed by atoms with Gasteiger partial charge in [-0.25, -0.2) is 4.79 Å². The van der Waals surface area contributed by atoms with Crippen molar-refractivity contribution in [3.63, 3.8) is 0 Å². The molecule has 5 rings (SSSR count). The molecule has 0 aliphatic carbocycles. The maximum absolute atomic E-state index is 12.8. The molecule has 0 saturated carbocycles. The minimum atomic E-state index is -0.539. The maximum Gasteiger partial charge on any atom is 0.337 e. The molecule has 4 aromatic rings. The van der Waals surface area contributed by atoms with E-state index in [4.69, 9.17) is 9.47 Å². The van der Waals surface area contributed by atoms with E-state index in [1.54, 1.807) is 30.3 Å². The zero-order valence-corrected chi connectivity index (χ0v) is 20.3. The zero-order valence-electron chi connectivity index (χ0n) is 20.3. The molecule has 0 aromatic heterocycles. The fourth-order valence-electron chi connectivity index (χ4n) is 4.49. The van der Waals surface area contributed by atoms with Gasteiger partial charge >= 0.3 is 5.97 Å². The lowest BCUT2D eigenvalue weighted by Gasteiger charge is -2.19. The summed E-state index contributed by atoms with van der Waals surface area (Å²) in [4.78, 5) is 38.6. The van der Waals surface area contributed by atoms with Gasteiger partial charge in [0, 0.05) is 18.4 Å². The predicted octanol–water partition coefficient (Wildman–Crippen LogP) is 5.71. The molecule has 0 saturated heterocycles. The number of benzene rings is 4. The number of hydrogen-bond acceptors (Lipinski definition) is 5. The minimum absolute atomic E-state index is 0.249. The summed E-state index contributed by atoms with van der Waals surface area (Å²) in [6.07, 6.45) is 2.49. The van der Waals surface area contributed by atoms with Crippen LogP contribution in [0.4, 0.5) is 5.69 Å². The van der Waals surface area contributed by atoms with Crippen LogP contribution in [0.5, 0.6) is 5.75 Å². The first-order chi connectivity index (χ1) is 18.0. The number of ketones is 1. The van der Waals surface area contributed by atoms with Gasteiger partial charge in [-0.05, 0) is 46.9 Å². The zero-order chi connectivity index (χ0) is 25.8. The van der Waals surface area contributed by atoms with Crippen molar-refractivity contribution in [1.82, 2.24) is 0 Å². The van der Waals surface area contributed by atoms with Crippen LogP contribution in [0.3, 0.4) is 0 Å². The van der Waals surface area contributed by atoms with E-state index in [0.29, 0.717) is 29.8 Å². The normalized spacial score (nSPS) is 13.1. The van der Waals surface area contributed by atoms with Gasteiger partial charge in [0.05, 0.1) is 30.5 Å². The van der Waals surface area contributed by atoms with Crippen molar-refractivity contribution in [2.24, 2.45) is 0 Å². The highest BCUT2D eigenvalue weighted by Gasteiger charge is 2.35. The quantitative estimate of drug-likeness (QED) is 0.233. The smallest absolute Gasteiger partial charge is 0.337 e. The van der Waals surface area contributed by atoms with E-state index >= 15 is 0 Å². The number of fused-ring (bicyclic) bond motifs is 2. The Labute approximate surface area is 214 Å². The van der Waals surface area contributed by atoms with E-state index in [9.17, 15) is 14.4 Å². The number of Topliss-reactive ketones (excluding diaryl/α,β-unsaturated/α-hetero) is 1. The summed E-state index contributed by atoms with van der Waals surface area (Å²) in [6.45, 7) is 0.636. The number of para-hydroxylation sites is 1. The molecule has 1 amide bonds. The minimum Gasteiger partial charge on any atom is -0.493 e. The lowest BCUT2D eigenvalue weighted by molar-refractivity contribution is -0.114. The summed E-state index contributed by atoms with van der Waals surface area (Å²) in [5.74, 6) is -0.651. The van der Waals surface area contributed by atoms with Crippen molar-refractivity contribution in [2.45, 2.75) is 6.42 Å². The van der Waals surface area contributed by atoms with Crippen molar-refractivity contribution in [3.05, 3.63) is 113 Å². The van der Waals surface area contributed by atoms with Crippen molar-refractivity contribution in [1.29, 1.82) is 0 Å². The van der Waals surface area contributed by atoms with Crippen LogP contribution in [0, 0.1) is 0 Å². The van der Waals surface area contributed by atoms with Gasteiger partial charge in [0.15, 0.2) is 0 Å². The summed E-state index contributed by atoms with van der Waals surface area (Å²) in [7, 11) is 1.34. The van der Waals surface area contributed by atoms with Crippen LogP contribution in [0.1, 0.15) is 32.7 Å². The van der Waals surface area contributed by atoms with E-state index in [0.717, 1.165) is 27.7 Å². The van der Waals surface area contributed by atoms with Crippen LogP contribution in [0.25, 0.3) is 16.8 Å². The van der Waals surface area contributed by atoms with Crippen LogP contribution < -0.4 is 9.64 Å². The van der Waals surface area contributed by atoms with Gasteiger partial charge in [0.1, 0.15) is 5.75 Å². The number of ether oxygens (including phenoxy) is 2. The molecule has 0 N–H and O–H groups in total. The largest absolute Gasteiger partial charge is 0.493 e. The third-order valence-electron chi connectivity index (χ3n) is 6.37. The summed E-state index contributed by atoms with van der Waals surface area (Å²) in [5.41, 5.74) is 3.25. The Morgan fingerprint density at radius 3 is 2.41 bits per heavy atom. The Morgan fingerprint density at radius 1 is 0.865 bits per heavy atom. The van der Waals surface area contributed by atoms with Crippen molar-refractivity contribution < 1.29 is 23.9 Å². The Bertz CT molecular complexity index is 1520. The highest BCUT2D eigenvalue weighted by molar-refractivity contribution is 6.52. The van der Waals surface area contributed by atoms with Crippen molar-refractivity contribution >= 4 is 40.2 Å². The monoisotopic (exact) mass is 491 g/mol. The van der Waals surface area contributed by atoms with Gasteiger partial charge in [-0.2, -0.15) is 0 Å². The van der Waals surface area contributed by atoms with Gasteiger partial charge < -0.3 is 14.4 Å². The highest BCUT2D eigenvalue weighted by Crippen LogP contribution is 2.30. The second-order valence-electron chi connectivity index (χ2n) is 8.73. The number of amides is 1. The molecule has 1 heterocycles. The lowest BCUT2D eigenvalue weighted by Crippen LogP contribution is -2.31. The topological polar surface area (TPSA) is 72.9 Å². The van der Waals surface area contributed by atoms with Crippen molar-refractivity contribution in [2.75, 3.05) is 25.2 Å². The molecule has 0 atom stereocenters. The second-order valence-corrected chi connectivity index (χ2v) is 8.73. The highest BCUT2D eigenvalue weighted by atomic mass is 16.5. The average molecular weight is 492 g/mol. The molecule has 0 spiro atoms. The molecule has 4 aromatic carbocycles. The van der Waals surface area contributed by atoms with Gasteiger partial charge in [0.2, 0.25) is 0 Å². The molecule has 37 heavy (non-hydrogen) atoms. The number of nitrogens with zero attached hydrogens (tertiary/aromatic N) is 1. The predicted molar refractivity (Wildman–Crippen MR) is 143 cm³/mol. The average Bonchev–Trinajstić information content (AvgIpc) is 3.18. The number of carbonyl (C=O) groups excluding carboxylic acids is 3. The fourth-order valence-corrected chi connectivity index (χ4v) is 4.49. The molecule has 184 valence electrons. The second kappa shape index (κ2) is 10.5. The van der Waals surface area contributed by atoms with Crippen LogP contribution >= 0.6 is 0 Å². The number of rotatable bonds is 8. The standard InChI is InChI=1S/C31H25NO5/c1-36-31(35)24-15-13-21(14-16-24)19-22(20-32-27-11-5-4-10-26(27)29(33)30(32)34)17-18-37-28-12-6-8-23-7-2-3-9-25(23)28/h2-16,19H,17-18,20H2,1H3. The van der Waals surface area contributed by atoms with Crippen LogP contribution in [0.2, 0.25) is 0 Å². The molecule has 0 fully saturated rings. The number of anilines is 1.